The molecule has 1 unspecified atom stereocenters. The number of anilines is 1. The highest BCUT2D eigenvalue weighted by Gasteiger charge is 2.35. The Bertz CT molecular complexity index is 1030. The molecule has 1 aliphatic rings. The third-order valence-corrected chi connectivity index (χ3v) is 5.72. The summed E-state index contributed by atoms with van der Waals surface area (Å²) in [5.74, 6) is 1.46. The van der Waals surface area contributed by atoms with Gasteiger partial charge < -0.3 is 14.4 Å². The Labute approximate surface area is 185 Å². The SMILES string of the molecule is CCOc1cc2c(cc1OCC)C(c1ccccc1)N(c1ccc(Br)cc1)C(=O)C2. The Hall–Kier alpha value is -2.79. The minimum Gasteiger partial charge on any atom is -0.490 e. The molecule has 0 bridgehead atoms. The predicted octanol–water partition coefficient (Wildman–Crippen LogP) is 5.93. The Morgan fingerprint density at radius 2 is 1.57 bits per heavy atom. The zero-order valence-corrected chi connectivity index (χ0v) is 18.7. The van der Waals surface area contributed by atoms with E-state index in [1.807, 2.05) is 73.3 Å². The van der Waals surface area contributed by atoms with Crippen LogP contribution in [0.2, 0.25) is 0 Å². The van der Waals surface area contributed by atoms with Gasteiger partial charge in [0.1, 0.15) is 0 Å². The van der Waals surface area contributed by atoms with Crippen LogP contribution in [0.15, 0.2) is 71.2 Å². The molecule has 1 amide bonds. The Balaban J connectivity index is 1.91. The van der Waals surface area contributed by atoms with E-state index >= 15 is 0 Å². The van der Waals surface area contributed by atoms with Gasteiger partial charge in [0.05, 0.1) is 25.7 Å². The molecule has 4 rings (SSSR count). The highest BCUT2D eigenvalue weighted by Crippen LogP contribution is 2.43. The number of nitrogens with zero attached hydrogens (tertiary/aromatic N) is 1. The van der Waals surface area contributed by atoms with Gasteiger partial charge in [-0.05, 0) is 66.9 Å². The van der Waals surface area contributed by atoms with Gasteiger partial charge in [0.2, 0.25) is 5.91 Å². The van der Waals surface area contributed by atoms with Crippen LogP contribution in [0.3, 0.4) is 0 Å². The smallest absolute Gasteiger partial charge is 0.232 e. The normalized spacial score (nSPS) is 15.6. The molecule has 0 radical (unpaired) electrons. The van der Waals surface area contributed by atoms with Crippen LogP contribution < -0.4 is 14.4 Å². The molecule has 0 aliphatic carbocycles. The van der Waals surface area contributed by atoms with Crippen molar-refractivity contribution in [1.82, 2.24) is 0 Å². The van der Waals surface area contributed by atoms with E-state index < -0.39 is 0 Å². The van der Waals surface area contributed by atoms with Crippen LogP contribution in [-0.2, 0) is 11.2 Å². The number of carbonyl (C=O) groups is 1. The number of halogens is 1. The Kier molecular flexibility index (Phi) is 6.09. The fraction of sp³-hybridized carbons (Fsp3) is 0.240. The van der Waals surface area contributed by atoms with E-state index in [0.29, 0.717) is 31.1 Å². The highest BCUT2D eigenvalue weighted by atomic mass is 79.9. The topological polar surface area (TPSA) is 38.8 Å². The average molecular weight is 466 g/mol. The lowest BCUT2D eigenvalue weighted by Gasteiger charge is -2.38. The van der Waals surface area contributed by atoms with Crippen LogP contribution in [0.25, 0.3) is 0 Å². The highest BCUT2D eigenvalue weighted by molar-refractivity contribution is 9.10. The van der Waals surface area contributed by atoms with Crippen LogP contribution in [0.1, 0.15) is 36.6 Å². The Morgan fingerprint density at radius 1 is 0.933 bits per heavy atom. The first-order valence-electron chi connectivity index (χ1n) is 10.2. The van der Waals surface area contributed by atoms with Crippen LogP contribution in [0.5, 0.6) is 11.5 Å². The summed E-state index contributed by atoms with van der Waals surface area (Å²) in [5, 5.41) is 0. The summed E-state index contributed by atoms with van der Waals surface area (Å²) in [6.45, 7) is 4.99. The molecule has 1 heterocycles. The summed E-state index contributed by atoms with van der Waals surface area (Å²) < 4.78 is 12.7. The lowest BCUT2D eigenvalue weighted by atomic mass is 9.87. The maximum atomic E-state index is 13.3. The quantitative estimate of drug-likeness (QED) is 0.453. The molecule has 0 spiro atoms. The zero-order chi connectivity index (χ0) is 21.1. The van der Waals surface area contributed by atoms with Crippen LogP contribution in [0, 0.1) is 0 Å². The number of hydrogen-bond donors (Lipinski definition) is 0. The molecule has 30 heavy (non-hydrogen) atoms. The lowest BCUT2D eigenvalue weighted by molar-refractivity contribution is -0.118. The first kappa shape index (κ1) is 20.5. The van der Waals surface area contributed by atoms with Gasteiger partial charge >= 0.3 is 0 Å². The second-order valence-electron chi connectivity index (χ2n) is 7.09. The van der Waals surface area contributed by atoms with Crippen molar-refractivity contribution < 1.29 is 14.3 Å². The number of benzene rings is 3. The standard InChI is InChI=1S/C25H24BrNO3/c1-3-29-22-14-18-15-24(28)27(20-12-10-19(26)11-13-20)25(17-8-6-5-7-9-17)21(18)16-23(22)30-4-2/h5-14,16,25H,3-4,15H2,1-2H3. The van der Waals surface area contributed by atoms with Crippen molar-refractivity contribution in [3.8, 4) is 11.5 Å². The summed E-state index contributed by atoms with van der Waals surface area (Å²) in [6.07, 6.45) is 0.321. The summed E-state index contributed by atoms with van der Waals surface area (Å²) in [7, 11) is 0. The van der Waals surface area contributed by atoms with Crippen LogP contribution in [-0.4, -0.2) is 19.1 Å². The summed E-state index contributed by atoms with van der Waals surface area (Å²) in [5.41, 5.74) is 3.97. The minimum absolute atomic E-state index is 0.0604. The van der Waals surface area contributed by atoms with Crippen LogP contribution in [0.4, 0.5) is 5.69 Å². The molecule has 0 N–H and O–H groups in total. The average Bonchev–Trinajstić information content (AvgIpc) is 2.75. The van der Waals surface area contributed by atoms with Gasteiger partial charge in [-0.15, -0.1) is 0 Å². The number of rotatable bonds is 6. The molecule has 154 valence electrons. The van der Waals surface area contributed by atoms with E-state index in [4.69, 9.17) is 9.47 Å². The van der Waals surface area contributed by atoms with Crippen LogP contribution >= 0.6 is 15.9 Å². The van der Waals surface area contributed by atoms with Crippen molar-refractivity contribution in [2.75, 3.05) is 18.1 Å². The third-order valence-electron chi connectivity index (χ3n) is 5.19. The second-order valence-corrected chi connectivity index (χ2v) is 8.01. The molecule has 0 saturated heterocycles. The fourth-order valence-corrected chi connectivity index (χ4v) is 4.22. The van der Waals surface area contributed by atoms with E-state index in [-0.39, 0.29) is 11.9 Å². The predicted molar refractivity (Wildman–Crippen MR) is 122 cm³/mol. The molecule has 0 fully saturated rings. The van der Waals surface area contributed by atoms with Gasteiger partial charge in [-0.3, -0.25) is 4.79 Å². The molecule has 3 aromatic carbocycles. The number of hydrogen-bond acceptors (Lipinski definition) is 3. The van der Waals surface area contributed by atoms with Gasteiger partial charge in [-0.1, -0.05) is 46.3 Å². The van der Waals surface area contributed by atoms with Crippen molar-refractivity contribution in [3.05, 3.63) is 87.9 Å². The van der Waals surface area contributed by atoms with Gasteiger partial charge in [-0.25, -0.2) is 0 Å². The molecule has 1 aliphatic heterocycles. The summed E-state index contributed by atoms with van der Waals surface area (Å²) >= 11 is 3.49. The number of amides is 1. The van der Waals surface area contributed by atoms with E-state index in [1.54, 1.807) is 0 Å². The monoisotopic (exact) mass is 465 g/mol. The molecular formula is C25H24BrNO3. The Morgan fingerprint density at radius 3 is 2.20 bits per heavy atom. The van der Waals surface area contributed by atoms with Crippen molar-refractivity contribution in [2.24, 2.45) is 0 Å². The van der Waals surface area contributed by atoms with E-state index in [2.05, 4.69) is 28.1 Å². The molecule has 0 aromatic heterocycles. The minimum atomic E-state index is -0.237. The van der Waals surface area contributed by atoms with Crippen molar-refractivity contribution >= 4 is 27.5 Å². The molecule has 1 atom stereocenters. The molecule has 5 heteroatoms. The molecular weight excluding hydrogens is 442 g/mol. The molecule has 0 saturated carbocycles. The number of carbonyl (C=O) groups excluding carboxylic acids is 1. The first-order chi connectivity index (χ1) is 14.6. The van der Waals surface area contributed by atoms with Gasteiger partial charge in [0.15, 0.2) is 11.5 Å². The number of fused-ring (bicyclic) bond motifs is 1. The summed E-state index contributed by atoms with van der Waals surface area (Å²) in [6, 6.07) is 21.8. The maximum Gasteiger partial charge on any atom is 0.232 e. The van der Waals surface area contributed by atoms with E-state index in [9.17, 15) is 4.79 Å². The van der Waals surface area contributed by atoms with Gasteiger partial charge in [-0.2, -0.15) is 0 Å². The lowest BCUT2D eigenvalue weighted by Crippen LogP contribution is -2.41. The fourth-order valence-electron chi connectivity index (χ4n) is 3.95. The maximum absolute atomic E-state index is 13.3. The summed E-state index contributed by atoms with van der Waals surface area (Å²) in [4.78, 5) is 15.2. The van der Waals surface area contributed by atoms with E-state index in [0.717, 1.165) is 26.9 Å². The van der Waals surface area contributed by atoms with Gasteiger partial charge in [0.25, 0.3) is 0 Å². The van der Waals surface area contributed by atoms with Gasteiger partial charge in [0, 0.05) is 10.2 Å². The van der Waals surface area contributed by atoms with E-state index in [1.165, 1.54) is 0 Å². The zero-order valence-electron chi connectivity index (χ0n) is 17.1. The first-order valence-corrected chi connectivity index (χ1v) is 11.0. The van der Waals surface area contributed by atoms with Crippen molar-refractivity contribution in [2.45, 2.75) is 26.3 Å². The second kappa shape index (κ2) is 8.92. The molecule has 3 aromatic rings. The third kappa shape index (κ3) is 3.94. The van der Waals surface area contributed by atoms with Crippen molar-refractivity contribution in [3.63, 3.8) is 0 Å². The number of ether oxygens (including phenoxy) is 2. The largest absolute Gasteiger partial charge is 0.490 e. The van der Waals surface area contributed by atoms with Crippen molar-refractivity contribution in [1.29, 1.82) is 0 Å². The molecule has 4 nitrogen and oxygen atoms in total.